The van der Waals surface area contributed by atoms with E-state index in [9.17, 15) is 0 Å². The van der Waals surface area contributed by atoms with Gasteiger partial charge in [0.15, 0.2) is 0 Å². The molecule has 2 aromatic heterocycles. The summed E-state index contributed by atoms with van der Waals surface area (Å²) in [5.74, 6) is 0.623. The van der Waals surface area contributed by atoms with E-state index in [1.165, 1.54) is 23.4 Å². The first-order valence-electron chi connectivity index (χ1n) is 5.34. The van der Waals surface area contributed by atoms with Gasteiger partial charge < -0.3 is 4.40 Å². The molecule has 0 saturated heterocycles. The van der Waals surface area contributed by atoms with Crippen LogP contribution in [0.1, 0.15) is 36.2 Å². The Balaban J connectivity index is 2.40. The van der Waals surface area contributed by atoms with E-state index < -0.39 is 0 Å². The van der Waals surface area contributed by atoms with Crippen molar-refractivity contribution in [1.29, 1.82) is 0 Å². The number of aryl methyl sites for hydroxylation is 2. The highest BCUT2D eigenvalue weighted by Gasteiger charge is 2.24. The fourth-order valence-corrected chi connectivity index (χ4v) is 3.01. The van der Waals surface area contributed by atoms with Gasteiger partial charge in [-0.3, -0.25) is 0 Å². The van der Waals surface area contributed by atoms with Gasteiger partial charge in [0.2, 0.25) is 0 Å². The Labute approximate surface area is 97.5 Å². The number of hydrogen-bond donors (Lipinski definition) is 0. The van der Waals surface area contributed by atoms with Crippen LogP contribution < -0.4 is 0 Å². The minimum Gasteiger partial charge on any atom is -0.302 e. The van der Waals surface area contributed by atoms with E-state index in [4.69, 9.17) is 4.98 Å². The lowest BCUT2D eigenvalue weighted by Gasteiger charge is -2.02. The van der Waals surface area contributed by atoms with Crippen LogP contribution in [0, 0.1) is 6.92 Å². The Morgan fingerprint density at radius 1 is 1.53 bits per heavy atom. The largest absolute Gasteiger partial charge is 0.302 e. The molecule has 2 nitrogen and oxygen atoms in total. The third kappa shape index (κ3) is 1.26. The highest BCUT2D eigenvalue weighted by Crippen LogP contribution is 2.33. The molecule has 3 heteroatoms. The predicted octanol–water partition coefficient (Wildman–Crippen LogP) is 3.45. The summed E-state index contributed by atoms with van der Waals surface area (Å²) < 4.78 is 3.38. The molecule has 2 aromatic rings. The van der Waals surface area contributed by atoms with Crippen LogP contribution in [-0.4, -0.2) is 9.38 Å². The average molecular weight is 265 g/mol. The monoisotopic (exact) mass is 264 g/mol. The van der Waals surface area contributed by atoms with Crippen molar-refractivity contribution in [3.8, 4) is 0 Å². The van der Waals surface area contributed by atoms with E-state index in [1.807, 2.05) is 0 Å². The molecular weight excluding hydrogens is 252 g/mol. The Kier molecular flexibility index (Phi) is 1.93. The van der Waals surface area contributed by atoms with Crippen molar-refractivity contribution in [2.45, 2.75) is 32.6 Å². The molecule has 0 N–H and O–H groups in total. The highest BCUT2D eigenvalue weighted by atomic mass is 79.9. The van der Waals surface area contributed by atoms with Crippen molar-refractivity contribution in [2.75, 3.05) is 0 Å². The van der Waals surface area contributed by atoms with E-state index in [0.717, 1.165) is 16.5 Å². The molecule has 2 heterocycles. The molecule has 1 aliphatic rings. The van der Waals surface area contributed by atoms with Crippen LogP contribution in [0.5, 0.6) is 0 Å². The van der Waals surface area contributed by atoms with Crippen molar-refractivity contribution in [2.24, 2.45) is 0 Å². The number of pyridine rings is 1. The molecule has 0 saturated carbocycles. The fraction of sp³-hybridized carbons (Fsp3) is 0.417. The summed E-state index contributed by atoms with van der Waals surface area (Å²) in [5, 5.41) is 0. The van der Waals surface area contributed by atoms with Gasteiger partial charge in [-0.05, 0) is 47.3 Å². The molecule has 0 aromatic carbocycles. The van der Waals surface area contributed by atoms with Crippen molar-refractivity contribution >= 4 is 21.6 Å². The molecule has 0 radical (unpaired) electrons. The zero-order chi connectivity index (χ0) is 10.6. The SMILES string of the molecule is Cc1cc(Br)cn2c3c(nc12)C(C)CC3. The van der Waals surface area contributed by atoms with Gasteiger partial charge in [-0.25, -0.2) is 4.98 Å². The number of rotatable bonds is 0. The smallest absolute Gasteiger partial charge is 0.140 e. The second-order valence-electron chi connectivity index (χ2n) is 4.42. The number of halogens is 1. The Morgan fingerprint density at radius 2 is 2.33 bits per heavy atom. The Bertz CT molecular complexity index is 542. The van der Waals surface area contributed by atoms with Crippen LogP contribution in [0.25, 0.3) is 5.65 Å². The molecule has 1 aliphatic carbocycles. The topological polar surface area (TPSA) is 17.3 Å². The fourth-order valence-electron chi connectivity index (χ4n) is 2.47. The van der Waals surface area contributed by atoms with Gasteiger partial charge in [-0.15, -0.1) is 0 Å². The van der Waals surface area contributed by atoms with E-state index in [2.05, 4.69) is 46.4 Å². The third-order valence-electron chi connectivity index (χ3n) is 3.28. The first-order chi connectivity index (χ1) is 7.16. The number of hydrogen-bond acceptors (Lipinski definition) is 1. The molecule has 0 aliphatic heterocycles. The third-order valence-corrected chi connectivity index (χ3v) is 3.72. The first kappa shape index (κ1) is 9.40. The summed E-state index contributed by atoms with van der Waals surface area (Å²) in [6.45, 7) is 4.38. The van der Waals surface area contributed by atoms with Crippen LogP contribution in [0.15, 0.2) is 16.7 Å². The lowest BCUT2D eigenvalue weighted by atomic mass is 10.1. The Hall–Kier alpha value is -0.830. The standard InChI is InChI=1S/C12H13BrN2/c1-7-3-4-10-11(7)14-12-8(2)5-9(13)6-15(10)12/h5-7H,3-4H2,1-2H3. The minimum atomic E-state index is 0.623. The second-order valence-corrected chi connectivity index (χ2v) is 5.33. The zero-order valence-corrected chi connectivity index (χ0v) is 10.5. The van der Waals surface area contributed by atoms with Gasteiger partial charge in [0, 0.05) is 22.3 Å². The number of imidazole rings is 1. The second kappa shape index (κ2) is 3.08. The van der Waals surface area contributed by atoms with Crippen LogP contribution in [0.2, 0.25) is 0 Å². The number of nitrogens with zero attached hydrogens (tertiary/aromatic N) is 2. The van der Waals surface area contributed by atoms with Gasteiger partial charge in [0.1, 0.15) is 5.65 Å². The summed E-state index contributed by atoms with van der Waals surface area (Å²) in [6.07, 6.45) is 4.53. The van der Waals surface area contributed by atoms with Crippen molar-refractivity contribution in [3.63, 3.8) is 0 Å². The van der Waals surface area contributed by atoms with Crippen LogP contribution in [0.4, 0.5) is 0 Å². The molecule has 0 amide bonds. The Morgan fingerprint density at radius 3 is 3.13 bits per heavy atom. The highest BCUT2D eigenvalue weighted by molar-refractivity contribution is 9.10. The molecule has 0 spiro atoms. The zero-order valence-electron chi connectivity index (χ0n) is 8.92. The van der Waals surface area contributed by atoms with Gasteiger partial charge in [-0.1, -0.05) is 6.92 Å². The van der Waals surface area contributed by atoms with Gasteiger partial charge >= 0.3 is 0 Å². The summed E-state index contributed by atoms with van der Waals surface area (Å²) in [6, 6.07) is 2.13. The molecule has 1 atom stereocenters. The summed E-state index contributed by atoms with van der Waals surface area (Å²) in [4.78, 5) is 4.76. The molecule has 1 unspecified atom stereocenters. The van der Waals surface area contributed by atoms with Gasteiger partial charge in [0.05, 0.1) is 5.69 Å². The lowest BCUT2D eigenvalue weighted by Crippen LogP contribution is -1.92. The molecule has 0 bridgehead atoms. The molecule has 78 valence electrons. The molecular formula is C12H13BrN2. The maximum atomic E-state index is 4.76. The first-order valence-corrected chi connectivity index (χ1v) is 6.13. The molecule has 0 fully saturated rings. The van der Waals surface area contributed by atoms with E-state index in [1.54, 1.807) is 0 Å². The maximum Gasteiger partial charge on any atom is 0.140 e. The normalized spacial score (nSPS) is 19.8. The summed E-state index contributed by atoms with van der Waals surface area (Å²) in [7, 11) is 0. The molecule has 15 heavy (non-hydrogen) atoms. The average Bonchev–Trinajstić information content (AvgIpc) is 2.68. The predicted molar refractivity (Wildman–Crippen MR) is 64.4 cm³/mol. The van der Waals surface area contributed by atoms with Crippen molar-refractivity contribution < 1.29 is 0 Å². The molecule has 3 rings (SSSR count). The van der Waals surface area contributed by atoms with Gasteiger partial charge in [-0.2, -0.15) is 0 Å². The number of aromatic nitrogens is 2. The quantitative estimate of drug-likeness (QED) is 0.713. The van der Waals surface area contributed by atoms with Crippen LogP contribution >= 0.6 is 15.9 Å². The van der Waals surface area contributed by atoms with Crippen molar-refractivity contribution in [3.05, 3.63) is 33.7 Å². The lowest BCUT2D eigenvalue weighted by molar-refractivity contribution is 0.726. The summed E-state index contributed by atoms with van der Waals surface area (Å²) >= 11 is 3.54. The number of fused-ring (bicyclic) bond motifs is 3. The van der Waals surface area contributed by atoms with Crippen LogP contribution in [-0.2, 0) is 6.42 Å². The summed E-state index contributed by atoms with van der Waals surface area (Å²) in [5.41, 5.74) is 5.07. The maximum absolute atomic E-state index is 4.76. The van der Waals surface area contributed by atoms with E-state index in [-0.39, 0.29) is 0 Å². The minimum absolute atomic E-state index is 0.623. The van der Waals surface area contributed by atoms with Gasteiger partial charge in [0.25, 0.3) is 0 Å². The van der Waals surface area contributed by atoms with E-state index in [0.29, 0.717) is 5.92 Å². The van der Waals surface area contributed by atoms with Crippen LogP contribution in [0.3, 0.4) is 0 Å². The van der Waals surface area contributed by atoms with E-state index >= 15 is 0 Å². The van der Waals surface area contributed by atoms with Crippen molar-refractivity contribution in [1.82, 2.24) is 9.38 Å².